The van der Waals surface area contributed by atoms with Crippen LogP contribution >= 0.6 is 0 Å². The summed E-state index contributed by atoms with van der Waals surface area (Å²) in [6, 6.07) is 7.59. The average molecular weight is 276 g/mol. The van der Waals surface area contributed by atoms with E-state index in [9.17, 15) is 9.59 Å². The number of carbonyl (C=O) groups excluding carboxylic acids is 2. The van der Waals surface area contributed by atoms with Gasteiger partial charge in [-0.2, -0.15) is 0 Å². The van der Waals surface area contributed by atoms with Crippen LogP contribution in [0.15, 0.2) is 24.3 Å². The van der Waals surface area contributed by atoms with E-state index in [1.165, 1.54) is 19.6 Å². The van der Waals surface area contributed by atoms with Gasteiger partial charge in [-0.05, 0) is 49.3 Å². The molecule has 1 aromatic carbocycles. The van der Waals surface area contributed by atoms with Gasteiger partial charge < -0.3 is 9.47 Å². The predicted molar refractivity (Wildman–Crippen MR) is 74.5 cm³/mol. The predicted octanol–water partition coefficient (Wildman–Crippen LogP) is 3.06. The monoisotopic (exact) mass is 276 g/mol. The molecule has 0 saturated heterocycles. The molecule has 0 bridgehead atoms. The molecule has 1 aliphatic rings. The number of hydrogen-bond donors (Lipinski definition) is 0. The van der Waals surface area contributed by atoms with Crippen LogP contribution in [-0.2, 0) is 14.3 Å². The summed E-state index contributed by atoms with van der Waals surface area (Å²) in [6.07, 6.45) is 3.90. The molecule has 2 rings (SSSR count). The summed E-state index contributed by atoms with van der Waals surface area (Å²) in [7, 11) is 1.38. The SMILES string of the molecule is COC(=O)c1ccc(C2CCC(OC(C)=O)CC2)cc1. The highest BCUT2D eigenvalue weighted by molar-refractivity contribution is 5.89. The Morgan fingerprint density at radius 3 is 2.15 bits per heavy atom. The lowest BCUT2D eigenvalue weighted by Crippen LogP contribution is -2.22. The molecule has 1 saturated carbocycles. The van der Waals surface area contributed by atoms with Crippen molar-refractivity contribution in [1.29, 1.82) is 0 Å². The molecular formula is C16H20O4. The van der Waals surface area contributed by atoms with Gasteiger partial charge in [-0.25, -0.2) is 4.79 Å². The summed E-state index contributed by atoms with van der Waals surface area (Å²) in [5, 5.41) is 0. The number of ether oxygens (including phenoxy) is 2. The van der Waals surface area contributed by atoms with Crippen molar-refractivity contribution >= 4 is 11.9 Å². The summed E-state index contributed by atoms with van der Waals surface area (Å²) >= 11 is 0. The van der Waals surface area contributed by atoms with E-state index < -0.39 is 0 Å². The lowest BCUT2D eigenvalue weighted by Gasteiger charge is -2.28. The largest absolute Gasteiger partial charge is 0.465 e. The molecule has 0 heterocycles. The molecule has 0 unspecified atom stereocenters. The molecule has 0 atom stereocenters. The van der Waals surface area contributed by atoms with Gasteiger partial charge in [-0.1, -0.05) is 12.1 Å². The molecule has 108 valence electrons. The quantitative estimate of drug-likeness (QED) is 0.796. The minimum atomic E-state index is -0.310. The summed E-state index contributed by atoms with van der Waals surface area (Å²) in [4.78, 5) is 22.3. The lowest BCUT2D eigenvalue weighted by molar-refractivity contribution is -0.147. The zero-order valence-corrected chi connectivity index (χ0v) is 11.9. The summed E-state index contributed by atoms with van der Waals surface area (Å²) in [6.45, 7) is 1.46. The van der Waals surface area contributed by atoms with Gasteiger partial charge in [0.2, 0.25) is 0 Å². The third-order valence-electron chi connectivity index (χ3n) is 3.81. The van der Waals surface area contributed by atoms with Crippen molar-refractivity contribution in [3.8, 4) is 0 Å². The van der Waals surface area contributed by atoms with Crippen LogP contribution in [0.3, 0.4) is 0 Å². The molecule has 0 spiro atoms. The fraction of sp³-hybridized carbons (Fsp3) is 0.500. The molecule has 0 amide bonds. The van der Waals surface area contributed by atoms with Crippen LogP contribution in [-0.4, -0.2) is 25.2 Å². The Morgan fingerprint density at radius 2 is 1.65 bits per heavy atom. The number of benzene rings is 1. The molecule has 4 nitrogen and oxygen atoms in total. The Balaban J connectivity index is 1.93. The Bertz CT molecular complexity index is 470. The molecule has 1 fully saturated rings. The summed E-state index contributed by atoms with van der Waals surface area (Å²) < 4.78 is 9.93. The molecule has 20 heavy (non-hydrogen) atoms. The van der Waals surface area contributed by atoms with E-state index in [0.717, 1.165) is 25.7 Å². The van der Waals surface area contributed by atoms with E-state index in [4.69, 9.17) is 4.74 Å². The van der Waals surface area contributed by atoms with Crippen LogP contribution in [0.1, 0.15) is 54.4 Å². The van der Waals surface area contributed by atoms with E-state index >= 15 is 0 Å². The van der Waals surface area contributed by atoms with Gasteiger partial charge in [-0.15, -0.1) is 0 Å². The summed E-state index contributed by atoms with van der Waals surface area (Å²) in [5.41, 5.74) is 1.81. The van der Waals surface area contributed by atoms with Crippen molar-refractivity contribution in [1.82, 2.24) is 0 Å². The van der Waals surface area contributed by atoms with Crippen LogP contribution in [0.2, 0.25) is 0 Å². The first-order valence-electron chi connectivity index (χ1n) is 6.95. The van der Waals surface area contributed by atoms with Crippen molar-refractivity contribution in [3.05, 3.63) is 35.4 Å². The third-order valence-corrected chi connectivity index (χ3v) is 3.81. The Hall–Kier alpha value is -1.84. The molecule has 0 N–H and O–H groups in total. The van der Waals surface area contributed by atoms with Gasteiger partial charge >= 0.3 is 11.9 Å². The lowest BCUT2D eigenvalue weighted by atomic mass is 9.82. The van der Waals surface area contributed by atoms with E-state index in [1.54, 1.807) is 12.1 Å². The van der Waals surface area contributed by atoms with Crippen molar-refractivity contribution in [2.75, 3.05) is 7.11 Å². The van der Waals surface area contributed by atoms with Gasteiger partial charge in [0.15, 0.2) is 0 Å². The Kier molecular flexibility index (Phi) is 4.77. The zero-order chi connectivity index (χ0) is 14.5. The van der Waals surface area contributed by atoms with Crippen molar-refractivity contribution in [3.63, 3.8) is 0 Å². The highest BCUT2D eigenvalue weighted by Gasteiger charge is 2.24. The molecular weight excluding hydrogens is 256 g/mol. The third kappa shape index (κ3) is 3.59. The molecule has 1 aromatic rings. The van der Waals surface area contributed by atoms with Gasteiger partial charge in [0, 0.05) is 6.92 Å². The van der Waals surface area contributed by atoms with Crippen LogP contribution in [0.25, 0.3) is 0 Å². The first kappa shape index (κ1) is 14.6. The van der Waals surface area contributed by atoms with Gasteiger partial charge in [-0.3, -0.25) is 4.79 Å². The molecule has 0 aromatic heterocycles. The van der Waals surface area contributed by atoms with E-state index in [1.807, 2.05) is 12.1 Å². The highest BCUT2D eigenvalue weighted by Crippen LogP contribution is 2.34. The van der Waals surface area contributed by atoms with Gasteiger partial charge in [0.05, 0.1) is 12.7 Å². The van der Waals surface area contributed by atoms with E-state index in [0.29, 0.717) is 11.5 Å². The fourth-order valence-corrected chi connectivity index (χ4v) is 2.76. The highest BCUT2D eigenvalue weighted by atomic mass is 16.5. The first-order valence-corrected chi connectivity index (χ1v) is 6.95. The fourth-order valence-electron chi connectivity index (χ4n) is 2.76. The average Bonchev–Trinajstić information content (AvgIpc) is 2.47. The standard InChI is InChI=1S/C16H20O4/c1-11(17)20-15-9-7-13(8-10-15)12-3-5-14(6-4-12)16(18)19-2/h3-6,13,15H,7-10H2,1-2H3. The van der Waals surface area contributed by atoms with Crippen molar-refractivity contribution in [2.45, 2.75) is 44.6 Å². The van der Waals surface area contributed by atoms with Crippen LogP contribution in [0, 0.1) is 0 Å². The maximum Gasteiger partial charge on any atom is 0.337 e. The van der Waals surface area contributed by atoms with Crippen LogP contribution in [0.4, 0.5) is 0 Å². The topological polar surface area (TPSA) is 52.6 Å². The number of rotatable bonds is 3. The van der Waals surface area contributed by atoms with E-state index in [-0.39, 0.29) is 18.0 Å². The summed E-state index contributed by atoms with van der Waals surface area (Å²) in [5.74, 6) is -0.0282. The number of carbonyl (C=O) groups is 2. The number of esters is 2. The first-order chi connectivity index (χ1) is 9.60. The van der Waals surface area contributed by atoms with Gasteiger partial charge in [0.25, 0.3) is 0 Å². The van der Waals surface area contributed by atoms with Crippen LogP contribution in [0.5, 0.6) is 0 Å². The smallest absolute Gasteiger partial charge is 0.337 e. The second-order valence-electron chi connectivity index (χ2n) is 5.20. The van der Waals surface area contributed by atoms with Crippen LogP contribution < -0.4 is 0 Å². The minimum Gasteiger partial charge on any atom is -0.465 e. The minimum absolute atomic E-state index is 0.0677. The number of methoxy groups -OCH3 is 1. The maximum absolute atomic E-state index is 11.4. The second kappa shape index (κ2) is 6.55. The van der Waals surface area contributed by atoms with Crippen molar-refractivity contribution in [2.24, 2.45) is 0 Å². The maximum atomic E-state index is 11.4. The van der Waals surface area contributed by atoms with Crippen molar-refractivity contribution < 1.29 is 19.1 Å². The normalized spacial score (nSPS) is 22.1. The number of hydrogen-bond acceptors (Lipinski definition) is 4. The Labute approximate surface area is 119 Å². The molecule has 0 radical (unpaired) electrons. The molecule has 4 heteroatoms. The van der Waals surface area contributed by atoms with E-state index in [2.05, 4.69) is 4.74 Å². The zero-order valence-electron chi connectivity index (χ0n) is 11.9. The van der Waals surface area contributed by atoms with Gasteiger partial charge in [0.1, 0.15) is 6.10 Å². The second-order valence-corrected chi connectivity index (χ2v) is 5.20. The molecule has 1 aliphatic carbocycles. The Morgan fingerprint density at radius 1 is 1.05 bits per heavy atom. The molecule has 0 aliphatic heterocycles.